The van der Waals surface area contributed by atoms with Gasteiger partial charge in [0.15, 0.2) is 0 Å². The van der Waals surface area contributed by atoms with Crippen LogP contribution in [-0.2, 0) is 20.8 Å². The van der Waals surface area contributed by atoms with Crippen molar-refractivity contribution in [3.63, 3.8) is 0 Å². The number of aryl methyl sites for hydroxylation is 1. The molecule has 0 radical (unpaired) electrons. The van der Waals surface area contributed by atoms with Crippen molar-refractivity contribution in [1.29, 1.82) is 0 Å². The Morgan fingerprint density at radius 1 is 1.04 bits per heavy atom. The van der Waals surface area contributed by atoms with Gasteiger partial charge in [0.1, 0.15) is 0 Å². The number of benzene rings is 2. The fourth-order valence-corrected chi connectivity index (χ4v) is 1.77. The molecular weight excluding hydrogens is 334 g/mol. The van der Waals surface area contributed by atoms with Crippen molar-refractivity contribution in [3.8, 4) is 0 Å². The van der Waals surface area contributed by atoms with Crippen LogP contribution in [0, 0.1) is 12.8 Å². The second kappa shape index (κ2) is 11.3. The van der Waals surface area contributed by atoms with Gasteiger partial charge in [-0.25, -0.2) is 4.79 Å². The minimum absolute atomic E-state index is 0.0185. The number of nitrogens with zero attached hydrogens (tertiary/aromatic N) is 1. The maximum atomic E-state index is 10.2. The van der Waals surface area contributed by atoms with Crippen LogP contribution in [0.5, 0.6) is 0 Å². The fraction of sp³-hybridized carbons (Fsp3) is 0.250. The number of rotatable bonds is 4. The van der Waals surface area contributed by atoms with Crippen LogP contribution in [0.15, 0.2) is 59.6 Å². The summed E-state index contributed by atoms with van der Waals surface area (Å²) in [5.41, 5.74) is 2.65. The highest BCUT2D eigenvalue weighted by atomic mass is 16.4. The van der Waals surface area contributed by atoms with E-state index in [1.165, 1.54) is 6.08 Å². The molecule has 0 aromatic heterocycles. The van der Waals surface area contributed by atoms with Gasteiger partial charge in [-0.15, -0.1) is 0 Å². The highest BCUT2D eigenvalue weighted by molar-refractivity contribution is 5.72. The van der Waals surface area contributed by atoms with Crippen molar-refractivity contribution in [1.82, 2.24) is 0 Å². The SMILES string of the molecule is Cc1ccc(N=C=O)cc1.O=C(O)C1CC1.O=C(O)Cc1ccccc1. The molecule has 0 heterocycles. The maximum absolute atomic E-state index is 10.2. The molecule has 0 aliphatic heterocycles. The van der Waals surface area contributed by atoms with Crippen LogP contribution >= 0.6 is 0 Å². The Balaban J connectivity index is 0.000000201. The Hall–Kier alpha value is -3.24. The molecule has 2 aromatic rings. The predicted octanol–water partition coefficient (Wildman–Crippen LogP) is 3.76. The number of hydrogen-bond acceptors (Lipinski definition) is 4. The van der Waals surface area contributed by atoms with Crippen molar-refractivity contribution in [2.45, 2.75) is 26.2 Å². The number of carboxylic acid groups (broad SMARTS) is 2. The van der Waals surface area contributed by atoms with Gasteiger partial charge < -0.3 is 10.2 Å². The van der Waals surface area contributed by atoms with Gasteiger partial charge in [-0.1, -0.05) is 48.0 Å². The third-order valence-corrected chi connectivity index (χ3v) is 3.33. The molecule has 1 aliphatic carbocycles. The van der Waals surface area contributed by atoms with E-state index in [2.05, 4.69) is 4.99 Å². The van der Waals surface area contributed by atoms with Gasteiger partial charge >= 0.3 is 11.9 Å². The first-order valence-electron chi connectivity index (χ1n) is 8.05. The normalized spacial score (nSPS) is 11.6. The maximum Gasteiger partial charge on any atom is 0.307 e. The third kappa shape index (κ3) is 9.80. The smallest absolute Gasteiger partial charge is 0.307 e. The van der Waals surface area contributed by atoms with Crippen LogP contribution in [0.3, 0.4) is 0 Å². The molecule has 1 aliphatic rings. The lowest BCUT2D eigenvalue weighted by atomic mass is 10.2. The van der Waals surface area contributed by atoms with Crippen LogP contribution < -0.4 is 0 Å². The van der Waals surface area contributed by atoms with E-state index in [1.54, 1.807) is 24.3 Å². The zero-order chi connectivity index (χ0) is 19.4. The molecule has 1 saturated carbocycles. The molecule has 0 saturated heterocycles. The van der Waals surface area contributed by atoms with Gasteiger partial charge in [0.2, 0.25) is 6.08 Å². The van der Waals surface area contributed by atoms with E-state index < -0.39 is 11.9 Å². The molecule has 0 unspecified atom stereocenters. The molecule has 6 heteroatoms. The number of carbonyl (C=O) groups excluding carboxylic acids is 1. The summed E-state index contributed by atoms with van der Waals surface area (Å²) in [4.78, 5) is 33.1. The zero-order valence-electron chi connectivity index (χ0n) is 14.5. The first kappa shape index (κ1) is 20.8. The van der Waals surface area contributed by atoms with Crippen molar-refractivity contribution < 1.29 is 24.6 Å². The molecule has 0 amide bonds. The van der Waals surface area contributed by atoms with Gasteiger partial charge in [-0.3, -0.25) is 9.59 Å². The van der Waals surface area contributed by atoms with Crippen LogP contribution in [0.4, 0.5) is 5.69 Å². The van der Waals surface area contributed by atoms with Gasteiger partial charge in [0, 0.05) is 0 Å². The van der Waals surface area contributed by atoms with Gasteiger partial charge in [-0.2, -0.15) is 4.99 Å². The number of isocyanates is 1. The summed E-state index contributed by atoms with van der Waals surface area (Å²) in [5.74, 6) is -1.40. The Kier molecular flexibility index (Phi) is 9.07. The quantitative estimate of drug-likeness (QED) is 0.642. The van der Waals surface area contributed by atoms with Gasteiger partial charge in [-0.05, 0) is 37.5 Å². The van der Waals surface area contributed by atoms with Crippen molar-refractivity contribution in [2.75, 3.05) is 0 Å². The summed E-state index contributed by atoms with van der Waals surface area (Å²) in [7, 11) is 0. The number of carboxylic acids is 2. The molecule has 136 valence electrons. The second-order valence-electron chi connectivity index (χ2n) is 5.71. The Bertz CT molecular complexity index is 746. The van der Waals surface area contributed by atoms with Crippen LogP contribution in [-0.4, -0.2) is 28.2 Å². The Morgan fingerprint density at radius 3 is 2.00 bits per heavy atom. The minimum atomic E-state index is -0.786. The van der Waals surface area contributed by atoms with E-state index in [1.807, 2.05) is 37.3 Å². The van der Waals surface area contributed by atoms with Crippen molar-refractivity contribution >= 4 is 23.7 Å². The average Bonchev–Trinajstić information content (AvgIpc) is 3.44. The lowest BCUT2D eigenvalue weighted by Crippen LogP contribution is -1.98. The first-order valence-corrected chi connectivity index (χ1v) is 8.05. The van der Waals surface area contributed by atoms with Crippen molar-refractivity contribution in [2.24, 2.45) is 10.9 Å². The van der Waals surface area contributed by atoms with E-state index in [-0.39, 0.29) is 12.3 Å². The van der Waals surface area contributed by atoms with E-state index in [0.717, 1.165) is 24.0 Å². The number of carbonyl (C=O) groups is 2. The molecule has 2 N–H and O–H groups in total. The second-order valence-corrected chi connectivity index (χ2v) is 5.71. The molecule has 3 rings (SSSR count). The van der Waals surface area contributed by atoms with Crippen LogP contribution in [0.2, 0.25) is 0 Å². The summed E-state index contributed by atoms with van der Waals surface area (Å²) in [6, 6.07) is 16.5. The van der Waals surface area contributed by atoms with E-state index in [4.69, 9.17) is 10.2 Å². The monoisotopic (exact) mass is 355 g/mol. The standard InChI is InChI=1S/C8H7NO.C8H8O2.C4H6O2/c1-7-2-4-8(5-3-7)9-6-10;9-8(10)6-7-4-2-1-3-5-7;5-4(6)3-1-2-3/h2-5H,1H3;1-5H,6H2,(H,9,10);3H,1-2H2,(H,5,6). The summed E-state index contributed by atoms with van der Waals surface area (Å²) >= 11 is 0. The topological polar surface area (TPSA) is 104 Å². The molecule has 6 nitrogen and oxygen atoms in total. The predicted molar refractivity (Wildman–Crippen MR) is 97.1 cm³/mol. The zero-order valence-corrected chi connectivity index (χ0v) is 14.5. The Labute approximate surface area is 151 Å². The summed E-state index contributed by atoms with van der Waals surface area (Å²) in [5, 5.41) is 16.4. The van der Waals surface area contributed by atoms with E-state index in [0.29, 0.717) is 5.69 Å². The van der Waals surface area contributed by atoms with E-state index >= 15 is 0 Å². The van der Waals surface area contributed by atoms with Gasteiger partial charge in [0.25, 0.3) is 0 Å². The molecule has 0 atom stereocenters. The summed E-state index contributed by atoms with van der Waals surface area (Å²) in [6.07, 6.45) is 3.39. The van der Waals surface area contributed by atoms with Crippen molar-refractivity contribution in [3.05, 3.63) is 65.7 Å². The van der Waals surface area contributed by atoms with Crippen LogP contribution in [0.25, 0.3) is 0 Å². The van der Waals surface area contributed by atoms with Crippen LogP contribution in [0.1, 0.15) is 24.0 Å². The lowest BCUT2D eigenvalue weighted by molar-refractivity contribution is -0.138. The number of aliphatic carboxylic acids is 2. The molecule has 0 spiro atoms. The highest BCUT2D eigenvalue weighted by Crippen LogP contribution is 2.28. The largest absolute Gasteiger partial charge is 0.481 e. The summed E-state index contributed by atoms with van der Waals surface area (Å²) in [6.45, 7) is 1.98. The number of aliphatic imine (C=N–C) groups is 1. The fourth-order valence-electron chi connectivity index (χ4n) is 1.77. The number of hydrogen-bond donors (Lipinski definition) is 2. The molecule has 26 heavy (non-hydrogen) atoms. The Morgan fingerprint density at radius 2 is 1.62 bits per heavy atom. The minimum Gasteiger partial charge on any atom is -0.481 e. The molecule has 1 fully saturated rings. The molecule has 0 bridgehead atoms. The summed E-state index contributed by atoms with van der Waals surface area (Å²) < 4.78 is 0. The highest BCUT2D eigenvalue weighted by Gasteiger charge is 2.28. The van der Waals surface area contributed by atoms with E-state index in [9.17, 15) is 14.4 Å². The third-order valence-electron chi connectivity index (χ3n) is 3.33. The average molecular weight is 355 g/mol. The first-order chi connectivity index (χ1) is 12.4. The van der Waals surface area contributed by atoms with Gasteiger partial charge in [0.05, 0.1) is 18.0 Å². The molecular formula is C20H21NO5. The lowest BCUT2D eigenvalue weighted by Gasteiger charge is -1.92. The molecule has 2 aromatic carbocycles.